The van der Waals surface area contributed by atoms with Crippen LogP contribution in [-0.2, 0) is 11.3 Å². The van der Waals surface area contributed by atoms with Crippen LogP contribution < -0.4 is 0 Å². The second-order valence-electron chi connectivity index (χ2n) is 6.46. The van der Waals surface area contributed by atoms with Gasteiger partial charge in [-0.1, -0.05) is 41.9 Å². The number of benzene rings is 2. The van der Waals surface area contributed by atoms with Crippen molar-refractivity contribution in [1.29, 1.82) is 0 Å². The normalized spacial score (nSPS) is 12.9. The van der Waals surface area contributed by atoms with Crippen molar-refractivity contribution in [2.75, 3.05) is 13.2 Å². The van der Waals surface area contributed by atoms with E-state index in [0.29, 0.717) is 22.7 Å². The Morgan fingerprint density at radius 3 is 2.34 bits per heavy atom. The molecule has 2 heterocycles. The molecule has 3 aromatic rings. The van der Waals surface area contributed by atoms with Gasteiger partial charge in [-0.15, -0.1) is 0 Å². The Labute approximate surface area is 171 Å². The number of aromatic nitrogens is 2. The molecular formula is C21H16ClN3O4. The third kappa shape index (κ3) is 3.77. The number of amides is 2. The zero-order chi connectivity index (χ0) is 20.4. The van der Waals surface area contributed by atoms with Crippen LogP contribution in [0.15, 0.2) is 60.9 Å². The minimum absolute atomic E-state index is 0.00809. The summed E-state index contributed by atoms with van der Waals surface area (Å²) in [6, 6.07) is 14.0. The summed E-state index contributed by atoms with van der Waals surface area (Å²) < 4.78 is 6.79. The molecular weight excluding hydrogens is 394 g/mol. The fraction of sp³-hybridized carbons (Fsp3) is 0.143. The fourth-order valence-corrected chi connectivity index (χ4v) is 3.31. The minimum atomic E-state index is -0.577. The lowest BCUT2D eigenvalue weighted by Gasteiger charge is -2.13. The predicted octanol–water partition coefficient (Wildman–Crippen LogP) is 3.04. The molecule has 4 rings (SSSR count). The number of hydrogen-bond acceptors (Lipinski definition) is 5. The number of rotatable bonds is 6. The van der Waals surface area contributed by atoms with E-state index in [0.717, 1.165) is 10.5 Å². The molecule has 0 N–H and O–H groups in total. The van der Waals surface area contributed by atoms with Gasteiger partial charge in [0.15, 0.2) is 0 Å². The smallest absolute Gasteiger partial charge is 0.341 e. The maximum Gasteiger partial charge on any atom is 0.341 e. The van der Waals surface area contributed by atoms with Crippen molar-refractivity contribution < 1.29 is 19.1 Å². The lowest BCUT2D eigenvalue weighted by Crippen LogP contribution is -2.33. The first kappa shape index (κ1) is 18.9. The van der Waals surface area contributed by atoms with Crippen molar-refractivity contribution in [1.82, 2.24) is 14.7 Å². The Morgan fingerprint density at radius 2 is 1.66 bits per heavy atom. The Bertz CT molecular complexity index is 1070. The van der Waals surface area contributed by atoms with Crippen LogP contribution in [0.3, 0.4) is 0 Å². The van der Waals surface area contributed by atoms with Crippen LogP contribution in [0.25, 0.3) is 0 Å². The molecule has 0 spiro atoms. The van der Waals surface area contributed by atoms with E-state index in [1.54, 1.807) is 41.2 Å². The van der Waals surface area contributed by atoms with Crippen LogP contribution in [0, 0.1) is 0 Å². The molecule has 1 aromatic heterocycles. The maximum absolute atomic E-state index is 12.3. The Balaban J connectivity index is 1.33. The summed E-state index contributed by atoms with van der Waals surface area (Å²) in [5.41, 5.74) is 1.89. The third-order valence-electron chi connectivity index (χ3n) is 4.59. The molecule has 1 aliphatic rings. The number of imide groups is 1. The van der Waals surface area contributed by atoms with Gasteiger partial charge in [-0.3, -0.25) is 19.2 Å². The summed E-state index contributed by atoms with van der Waals surface area (Å²) >= 11 is 6.14. The number of hydrogen-bond donors (Lipinski definition) is 0. The molecule has 29 heavy (non-hydrogen) atoms. The van der Waals surface area contributed by atoms with Gasteiger partial charge < -0.3 is 4.74 Å². The lowest BCUT2D eigenvalue weighted by atomic mass is 10.1. The largest absolute Gasteiger partial charge is 0.460 e. The molecule has 8 heteroatoms. The highest BCUT2D eigenvalue weighted by atomic mass is 35.5. The van der Waals surface area contributed by atoms with Crippen molar-refractivity contribution >= 4 is 29.4 Å². The number of fused-ring (bicyclic) bond motifs is 1. The fourth-order valence-electron chi connectivity index (χ4n) is 3.11. The number of ether oxygens (including phenoxy) is 1. The standard InChI is InChI=1S/C21H16ClN3O4/c22-18-8-4-1-5-14(18)12-24-13-15(11-23-24)21(28)29-10-9-25-19(26)16-6-2-3-7-17(16)20(25)27/h1-8,11,13H,9-10,12H2. The van der Waals surface area contributed by atoms with E-state index in [9.17, 15) is 14.4 Å². The Kier molecular flexibility index (Phi) is 5.14. The van der Waals surface area contributed by atoms with Crippen molar-refractivity contribution in [3.8, 4) is 0 Å². The van der Waals surface area contributed by atoms with Crippen molar-refractivity contribution in [3.05, 3.63) is 88.2 Å². The first-order chi connectivity index (χ1) is 14.0. The second-order valence-corrected chi connectivity index (χ2v) is 6.87. The lowest BCUT2D eigenvalue weighted by molar-refractivity contribution is 0.0420. The monoisotopic (exact) mass is 409 g/mol. The maximum atomic E-state index is 12.3. The number of carbonyl (C=O) groups is 3. The summed E-state index contributed by atoms with van der Waals surface area (Å²) in [5, 5.41) is 4.77. The number of halogens is 1. The van der Waals surface area contributed by atoms with E-state index < -0.39 is 5.97 Å². The van der Waals surface area contributed by atoms with Gasteiger partial charge in [0.05, 0.1) is 36.0 Å². The molecule has 0 saturated carbocycles. The zero-order valence-corrected chi connectivity index (χ0v) is 16.0. The SMILES string of the molecule is O=C(OCCN1C(=O)c2ccccc2C1=O)c1cnn(Cc2ccccc2Cl)c1. The average Bonchev–Trinajstić information content (AvgIpc) is 3.29. The van der Waals surface area contributed by atoms with E-state index in [1.807, 2.05) is 18.2 Å². The third-order valence-corrected chi connectivity index (χ3v) is 4.95. The molecule has 0 aliphatic carbocycles. The molecule has 0 atom stereocenters. The van der Waals surface area contributed by atoms with E-state index in [4.69, 9.17) is 16.3 Å². The molecule has 0 unspecified atom stereocenters. The highest BCUT2D eigenvalue weighted by molar-refractivity contribution is 6.31. The predicted molar refractivity (Wildman–Crippen MR) is 105 cm³/mol. The zero-order valence-electron chi connectivity index (χ0n) is 15.2. The summed E-state index contributed by atoms with van der Waals surface area (Å²) in [4.78, 5) is 37.9. The molecule has 146 valence electrons. The van der Waals surface area contributed by atoms with E-state index in [2.05, 4.69) is 5.10 Å². The van der Waals surface area contributed by atoms with Gasteiger partial charge >= 0.3 is 5.97 Å². The van der Waals surface area contributed by atoms with Crippen LogP contribution in [0.5, 0.6) is 0 Å². The van der Waals surface area contributed by atoms with Crippen LogP contribution in [0.4, 0.5) is 0 Å². The molecule has 0 saturated heterocycles. The van der Waals surface area contributed by atoms with Gasteiger partial charge in [-0.05, 0) is 23.8 Å². The minimum Gasteiger partial charge on any atom is -0.460 e. The van der Waals surface area contributed by atoms with E-state index >= 15 is 0 Å². The first-order valence-corrected chi connectivity index (χ1v) is 9.30. The van der Waals surface area contributed by atoms with Crippen LogP contribution in [-0.4, -0.2) is 45.6 Å². The van der Waals surface area contributed by atoms with E-state index in [1.165, 1.54) is 6.20 Å². The van der Waals surface area contributed by atoms with Gasteiger partial charge in [-0.25, -0.2) is 4.79 Å². The molecule has 1 aliphatic heterocycles. The van der Waals surface area contributed by atoms with Crippen molar-refractivity contribution in [3.63, 3.8) is 0 Å². The molecule has 0 radical (unpaired) electrons. The van der Waals surface area contributed by atoms with Gasteiger partial charge in [0, 0.05) is 11.2 Å². The highest BCUT2D eigenvalue weighted by Gasteiger charge is 2.34. The molecule has 0 fully saturated rings. The average molecular weight is 410 g/mol. The second kappa shape index (κ2) is 7.89. The molecule has 7 nitrogen and oxygen atoms in total. The number of nitrogens with zero attached hydrogens (tertiary/aromatic N) is 3. The quantitative estimate of drug-likeness (QED) is 0.461. The summed E-state index contributed by atoms with van der Waals surface area (Å²) in [5.74, 6) is -1.34. The Morgan fingerprint density at radius 1 is 1.00 bits per heavy atom. The molecule has 2 amide bonds. The first-order valence-electron chi connectivity index (χ1n) is 8.93. The topological polar surface area (TPSA) is 81.5 Å². The highest BCUT2D eigenvalue weighted by Crippen LogP contribution is 2.22. The number of carbonyl (C=O) groups excluding carboxylic acids is 3. The molecule has 0 bridgehead atoms. The molecule has 2 aromatic carbocycles. The van der Waals surface area contributed by atoms with Gasteiger partial charge in [-0.2, -0.15) is 5.10 Å². The van der Waals surface area contributed by atoms with Gasteiger partial charge in [0.1, 0.15) is 6.61 Å². The summed E-state index contributed by atoms with van der Waals surface area (Å²) in [6.45, 7) is 0.313. The van der Waals surface area contributed by atoms with Crippen LogP contribution in [0.1, 0.15) is 36.6 Å². The van der Waals surface area contributed by atoms with Crippen molar-refractivity contribution in [2.24, 2.45) is 0 Å². The van der Waals surface area contributed by atoms with Gasteiger partial charge in [0.25, 0.3) is 11.8 Å². The van der Waals surface area contributed by atoms with E-state index in [-0.39, 0.29) is 30.5 Å². The summed E-state index contributed by atoms with van der Waals surface area (Å²) in [7, 11) is 0. The van der Waals surface area contributed by atoms with Crippen LogP contribution in [0.2, 0.25) is 5.02 Å². The van der Waals surface area contributed by atoms with Crippen molar-refractivity contribution in [2.45, 2.75) is 6.54 Å². The number of esters is 1. The summed E-state index contributed by atoms with van der Waals surface area (Å²) in [6.07, 6.45) is 2.97. The van der Waals surface area contributed by atoms with Gasteiger partial charge in [0.2, 0.25) is 0 Å². The Hall–Kier alpha value is -3.45. The van der Waals surface area contributed by atoms with Crippen LogP contribution >= 0.6 is 11.6 Å².